The number of urea groups is 1. The third-order valence-corrected chi connectivity index (χ3v) is 4.24. The number of carbonyl (C=O) groups is 2. The van der Waals surface area contributed by atoms with Gasteiger partial charge in [-0.1, -0.05) is 6.92 Å². The molecule has 0 aliphatic carbocycles. The minimum Gasteiger partial charge on any atom is -0.493 e. The van der Waals surface area contributed by atoms with Crippen molar-refractivity contribution in [1.29, 1.82) is 0 Å². The molecule has 8 nitrogen and oxygen atoms in total. The zero-order valence-corrected chi connectivity index (χ0v) is 14.9. The molecule has 1 aliphatic rings. The number of piperidine rings is 1. The van der Waals surface area contributed by atoms with Crippen LogP contribution in [0.5, 0.6) is 17.2 Å². The highest BCUT2D eigenvalue weighted by molar-refractivity contribution is 5.92. The van der Waals surface area contributed by atoms with Crippen LogP contribution < -0.4 is 19.5 Å². The minimum atomic E-state index is -0.881. The normalized spacial score (nSPS) is 19.9. The van der Waals surface area contributed by atoms with Gasteiger partial charge in [0.05, 0.1) is 32.9 Å². The van der Waals surface area contributed by atoms with Gasteiger partial charge in [0.2, 0.25) is 5.75 Å². The Balaban J connectivity index is 2.21. The summed E-state index contributed by atoms with van der Waals surface area (Å²) in [4.78, 5) is 25.4. The molecule has 0 saturated carbocycles. The van der Waals surface area contributed by atoms with Gasteiger partial charge in [-0.25, -0.2) is 4.79 Å². The average Bonchev–Trinajstić information content (AvgIpc) is 2.60. The SMILES string of the molecule is COc1ccc(NC(=O)N2CC(C)CC(C(=O)O)C2)c(OC)c1OC. The smallest absolute Gasteiger partial charge is 0.321 e. The van der Waals surface area contributed by atoms with E-state index in [2.05, 4.69) is 5.32 Å². The van der Waals surface area contributed by atoms with Crippen molar-refractivity contribution in [2.45, 2.75) is 13.3 Å². The van der Waals surface area contributed by atoms with Crippen LogP contribution in [0.4, 0.5) is 10.5 Å². The number of carbonyl (C=O) groups excluding carboxylic acids is 1. The molecule has 25 heavy (non-hydrogen) atoms. The molecule has 2 unspecified atom stereocenters. The molecular formula is C17H24N2O6. The van der Waals surface area contributed by atoms with Crippen molar-refractivity contribution in [2.75, 3.05) is 39.7 Å². The molecule has 0 aromatic heterocycles. The predicted octanol–water partition coefficient (Wildman–Crippen LogP) is 2.29. The van der Waals surface area contributed by atoms with Crippen LogP contribution in [0, 0.1) is 11.8 Å². The monoisotopic (exact) mass is 352 g/mol. The molecule has 2 amide bonds. The van der Waals surface area contributed by atoms with Crippen LogP contribution in [0.2, 0.25) is 0 Å². The molecule has 1 aromatic carbocycles. The van der Waals surface area contributed by atoms with Gasteiger partial charge in [-0.05, 0) is 24.5 Å². The maximum Gasteiger partial charge on any atom is 0.321 e. The molecule has 1 aromatic rings. The average molecular weight is 352 g/mol. The lowest BCUT2D eigenvalue weighted by Gasteiger charge is -2.34. The van der Waals surface area contributed by atoms with Crippen LogP contribution in [0.15, 0.2) is 12.1 Å². The number of nitrogens with one attached hydrogen (secondary N) is 1. The Kier molecular flexibility index (Phi) is 5.95. The number of nitrogens with zero attached hydrogens (tertiary/aromatic N) is 1. The van der Waals surface area contributed by atoms with Gasteiger partial charge in [0.1, 0.15) is 0 Å². The summed E-state index contributed by atoms with van der Waals surface area (Å²) < 4.78 is 15.9. The van der Waals surface area contributed by atoms with Crippen LogP contribution in [-0.2, 0) is 4.79 Å². The van der Waals surface area contributed by atoms with Crippen molar-refractivity contribution < 1.29 is 28.9 Å². The standard InChI is InChI=1S/C17H24N2O6/c1-10-7-11(16(20)21)9-19(8-10)17(22)18-12-5-6-13(23-2)15(25-4)14(12)24-3/h5-6,10-11H,7-9H2,1-4H3,(H,18,22)(H,20,21). The number of benzene rings is 1. The number of carboxylic acids is 1. The van der Waals surface area contributed by atoms with E-state index < -0.39 is 11.9 Å². The number of hydrogen-bond donors (Lipinski definition) is 2. The lowest BCUT2D eigenvalue weighted by Crippen LogP contribution is -2.47. The van der Waals surface area contributed by atoms with Crippen LogP contribution >= 0.6 is 0 Å². The molecule has 2 N–H and O–H groups in total. The maximum absolute atomic E-state index is 12.6. The Morgan fingerprint density at radius 3 is 2.36 bits per heavy atom. The number of carboxylic acid groups (broad SMARTS) is 1. The first kappa shape index (κ1) is 18.7. The van der Waals surface area contributed by atoms with Crippen molar-refractivity contribution in [3.63, 3.8) is 0 Å². The molecule has 8 heteroatoms. The molecular weight excluding hydrogens is 328 g/mol. The summed E-state index contributed by atoms with van der Waals surface area (Å²) in [5.41, 5.74) is 0.426. The number of hydrogen-bond acceptors (Lipinski definition) is 5. The fourth-order valence-corrected chi connectivity index (χ4v) is 3.09. The quantitative estimate of drug-likeness (QED) is 0.844. The molecule has 138 valence electrons. The molecule has 2 rings (SSSR count). The summed E-state index contributed by atoms with van der Waals surface area (Å²) in [6.45, 7) is 2.62. The van der Waals surface area contributed by atoms with Gasteiger partial charge in [-0.15, -0.1) is 0 Å². The maximum atomic E-state index is 12.6. The van der Waals surface area contributed by atoms with Crippen molar-refractivity contribution in [1.82, 2.24) is 4.90 Å². The Morgan fingerprint density at radius 2 is 1.80 bits per heavy atom. The van der Waals surface area contributed by atoms with E-state index in [1.54, 1.807) is 12.1 Å². The highest BCUT2D eigenvalue weighted by Gasteiger charge is 2.32. The summed E-state index contributed by atoms with van der Waals surface area (Å²) >= 11 is 0. The molecule has 1 fully saturated rings. The second-order valence-corrected chi connectivity index (χ2v) is 6.09. The summed E-state index contributed by atoms with van der Waals surface area (Å²) in [6, 6.07) is 2.94. The minimum absolute atomic E-state index is 0.118. The Morgan fingerprint density at radius 1 is 1.12 bits per heavy atom. The summed E-state index contributed by atoms with van der Waals surface area (Å²) in [7, 11) is 4.46. The van der Waals surface area contributed by atoms with Crippen molar-refractivity contribution in [2.24, 2.45) is 11.8 Å². The first-order chi connectivity index (χ1) is 11.9. The van der Waals surface area contributed by atoms with Crippen LogP contribution in [0.3, 0.4) is 0 Å². The van der Waals surface area contributed by atoms with E-state index in [-0.39, 0.29) is 18.5 Å². The Bertz CT molecular complexity index is 648. The van der Waals surface area contributed by atoms with Gasteiger partial charge in [0.15, 0.2) is 11.5 Å². The van der Waals surface area contributed by atoms with Gasteiger partial charge >= 0.3 is 12.0 Å². The topological polar surface area (TPSA) is 97.3 Å². The van der Waals surface area contributed by atoms with Crippen LogP contribution in [0.1, 0.15) is 13.3 Å². The van der Waals surface area contributed by atoms with Crippen molar-refractivity contribution in [3.05, 3.63) is 12.1 Å². The highest BCUT2D eigenvalue weighted by atomic mass is 16.5. The Labute approximate surface area is 146 Å². The molecule has 1 saturated heterocycles. The fraction of sp³-hybridized carbons (Fsp3) is 0.529. The zero-order chi connectivity index (χ0) is 18.6. The van der Waals surface area contributed by atoms with Crippen molar-refractivity contribution >= 4 is 17.7 Å². The van der Waals surface area contributed by atoms with Crippen molar-refractivity contribution in [3.8, 4) is 17.2 Å². The van der Waals surface area contributed by atoms with Gasteiger partial charge in [0, 0.05) is 13.1 Å². The van der Waals surface area contributed by atoms with Gasteiger partial charge in [-0.2, -0.15) is 0 Å². The van der Waals surface area contributed by atoms with E-state index in [0.717, 1.165) is 0 Å². The lowest BCUT2D eigenvalue weighted by molar-refractivity contribution is -0.143. The first-order valence-electron chi connectivity index (χ1n) is 7.98. The largest absolute Gasteiger partial charge is 0.493 e. The molecule has 0 spiro atoms. The number of likely N-dealkylation sites (tertiary alicyclic amines) is 1. The van der Waals surface area contributed by atoms with E-state index in [4.69, 9.17) is 14.2 Å². The summed E-state index contributed by atoms with van der Waals surface area (Å²) in [6.07, 6.45) is 0.568. The van der Waals surface area contributed by atoms with Gasteiger partial charge in [0.25, 0.3) is 0 Å². The van der Waals surface area contributed by atoms with E-state index in [0.29, 0.717) is 35.9 Å². The van der Waals surface area contributed by atoms with E-state index in [9.17, 15) is 14.7 Å². The zero-order valence-electron chi connectivity index (χ0n) is 14.9. The van der Waals surface area contributed by atoms with E-state index in [1.807, 2.05) is 6.92 Å². The van der Waals surface area contributed by atoms with Gasteiger partial charge < -0.3 is 29.5 Å². The number of ether oxygens (including phenoxy) is 3. The Hall–Kier alpha value is -2.64. The summed E-state index contributed by atoms with van der Waals surface area (Å²) in [5.74, 6) is -0.120. The third-order valence-electron chi connectivity index (χ3n) is 4.24. The second kappa shape index (κ2) is 7.96. The van der Waals surface area contributed by atoms with E-state index >= 15 is 0 Å². The molecule has 0 bridgehead atoms. The molecule has 1 heterocycles. The second-order valence-electron chi connectivity index (χ2n) is 6.09. The first-order valence-corrected chi connectivity index (χ1v) is 7.98. The predicted molar refractivity (Wildman–Crippen MR) is 91.6 cm³/mol. The molecule has 2 atom stereocenters. The third kappa shape index (κ3) is 4.07. The summed E-state index contributed by atoms with van der Waals surface area (Å²) in [5, 5.41) is 12.0. The fourth-order valence-electron chi connectivity index (χ4n) is 3.09. The lowest BCUT2D eigenvalue weighted by atomic mass is 9.91. The van der Waals surface area contributed by atoms with Crippen LogP contribution in [0.25, 0.3) is 0 Å². The number of methoxy groups -OCH3 is 3. The number of amides is 2. The molecule has 1 aliphatic heterocycles. The van der Waals surface area contributed by atoms with Gasteiger partial charge in [-0.3, -0.25) is 4.79 Å². The number of aliphatic carboxylic acids is 1. The molecule has 0 radical (unpaired) electrons. The highest BCUT2D eigenvalue weighted by Crippen LogP contribution is 2.42. The van der Waals surface area contributed by atoms with Crippen LogP contribution in [-0.4, -0.2) is 56.4 Å². The van der Waals surface area contributed by atoms with E-state index in [1.165, 1.54) is 26.2 Å². The number of rotatable bonds is 5. The number of anilines is 1.